The number of amides is 1. The van der Waals surface area contributed by atoms with Crippen LogP contribution in [0.3, 0.4) is 0 Å². The van der Waals surface area contributed by atoms with Crippen molar-refractivity contribution in [1.82, 2.24) is 4.98 Å². The van der Waals surface area contributed by atoms with Crippen LogP contribution in [-0.4, -0.2) is 16.9 Å². The second-order valence-corrected chi connectivity index (χ2v) is 5.43. The first kappa shape index (κ1) is 13.5. The Balaban J connectivity index is 2.01. The number of carbonyl (C=O) groups is 1. The molecule has 1 aliphatic rings. The predicted octanol–water partition coefficient (Wildman–Crippen LogP) is 1.74. The highest BCUT2D eigenvalue weighted by Gasteiger charge is 2.19. The van der Waals surface area contributed by atoms with Crippen LogP contribution in [0.4, 0.5) is 15.2 Å². The number of nitrogens with zero attached hydrogens (tertiary/aromatic N) is 2. The van der Waals surface area contributed by atoms with E-state index in [1.807, 2.05) is 0 Å². The highest BCUT2D eigenvalue weighted by atomic mass is 32.1. The number of anilines is 1. The maximum absolute atomic E-state index is 14.2. The number of aromatic nitrogens is 1. The van der Waals surface area contributed by atoms with E-state index in [4.69, 9.17) is 11.5 Å². The van der Waals surface area contributed by atoms with Gasteiger partial charge in [0, 0.05) is 23.1 Å². The molecule has 5 N–H and O–H groups in total. The fraction of sp³-hybridized carbons (Fsp3) is 0.154. The number of hydrogen-bond acceptors (Lipinski definition) is 4. The molecule has 0 aliphatic carbocycles. The topological polar surface area (TPSA) is 106 Å². The summed E-state index contributed by atoms with van der Waals surface area (Å²) in [6.07, 6.45) is 0.980. The highest BCUT2D eigenvalue weighted by Crippen LogP contribution is 2.33. The molecule has 108 valence electrons. The van der Waals surface area contributed by atoms with Gasteiger partial charge in [-0.2, -0.15) is 4.99 Å². The lowest BCUT2D eigenvalue weighted by atomic mass is 9.99. The van der Waals surface area contributed by atoms with E-state index in [9.17, 15) is 9.18 Å². The third-order valence-electron chi connectivity index (χ3n) is 3.08. The average molecular weight is 305 g/mol. The number of benzene rings is 1. The number of thiazole rings is 1. The van der Waals surface area contributed by atoms with Gasteiger partial charge in [-0.1, -0.05) is 0 Å². The quantitative estimate of drug-likeness (QED) is 0.580. The largest absolute Gasteiger partial charge is 0.370 e. The molecule has 0 saturated heterocycles. The van der Waals surface area contributed by atoms with Gasteiger partial charge < -0.3 is 16.8 Å². The van der Waals surface area contributed by atoms with E-state index in [0.29, 0.717) is 34.9 Å². The van der Waals surface area contributed by atoms with Gasteiger partial charge in [-0.3, -0.25) is 4.79 Å². The van der Waals surface area contributed by atoms with E-state index in [1.165, 1.54) is 17.4 Å². The highest BCUT2D eigenvalue weighted by molar-refractivity contribution is 7.13. The third kappa shape index (κ3) is 2.70. The Hall–Kier alpha value is -2.48. The number of guanidine groups is 1. The fourth-order valence-corrected chi connectivity index (χ4v) is 2.85. The summed E-state index contributed by atoms with van der Waals surface area (Å²) >= 11 is 1.22. The van der Waals surface area contributed by atoms with Crippen molar-refractivity contribution in [1.29, 1.82) is 0 Å². The zero-order valence-corrected chi connectivity index (χ0v) is 11.7. The van der Waals surface area contributed by atoms with Crippen LogP contribution in [0.15, 0.2) is 22.5 Å². The SMILES string of the molecule is NC(N)=Nc1nc(-c2cc3c(cc2F)NC(=O)CC3)cs1. The smallest absolute Gasteiger partial charge is 0.224 e. The molecule has 0 saturated carbocycles. The summed E-state index contributed by atoms with van der Waals surface area (Å²) in [6, 6.07) is 3.03. The fourth-order valence-electron chi connectivity index (χ4n) is 2.15. The Morgan fingerprint density at radius 2 is 2.19 bits per heavy atom. The Labute approximate surface area is 123 Å². The number of aryl methyl sites for hydroxylation is 1. The van der Waals surface area contributed by atoms with Gasteiger partial charge in [-0.15, -0.1) is 11.3 Å². The van der Waals surface area contributed by atoms with E-state index in [-0.39, 0.29) is 11.9 Å². The van der Waals surface area contributed by atoms with Crippen molar-refractivity contribution in [3.8, 4) is 11.3 Å². The van der Waals surface area contributed by atoms with Gasteiger partial charge >= 0.3 is 0 Å². The molecular weight excluding hydrogens is 293 g/mol. The molecule has 2 aromatic rings. The second-order valence-electron chi connectivity index (χ2n) is 4.59. The minimum Gasteiger partial charge on any atom is -0.370 e. The van der Waals surface area contributed by atoms with E-state index < -0.39 is 5.82 Å². The maximum atomic E-state index is 14.2. The van der Waals surface area contributed by atoms with Crippen LogP contribution in [0.2, 0.25) is 0 Å². The molecule has 1 aromatic heterocycles. The summed E-state index contributed by atoms with van der Waals surface area (Å²) in [7, 11) is 0. The first-order valence-corrected chi connectivity index (χ1v) is 7.08. The summed E-state index contributed by atoms with van der Waals surface area (Å²) in [5, 5.41) is 4.72. The van der Waals surface area contributed by atoms with Crippen LogP contribution in [0, 0.1) is 5.82 Å². The van der Waals surface area contributed by atoms with Crippen LogP contribution in [-0.2, 0) is 11.2 Å². The molecule has 3 rings (SSSR count). The molecule has 0 radical (unpaired) electrons. The van der Waals surface area contributed by atoms with Crippen molar-refractivity contribution in [2.24, 2.45) is 16.5 Å². The van der Waals surface area contributed by atoms with Crippen molar-refractivity contribution in [2.45, 2.75) is 12.8 Å². The molecule has 1 amide bonds. The van der Waals surface area contributed by atoms with Gasteiger partial charge in [0.15, 0.2) is 5.96 Å². The molecule has 21 heavy (non-hydrogen) atoms. The molecule has 0 atom stereocenters. The summed E-state index contributed by atoms with van der Waals surface area (Å²) in [4.78, 5) is 19.3. The molecule has 0 bridgehead atoms. The summed E-state index contributed by atoms with van der Waals surface area (Å²) in [5.41, 5.74) is 12.8. The van der Waals surface area contributed by atoms with Crippen molar-refractivity contribution < 1.29 is 9.18 Å². The maximum Gasteiger partial charge on any atom is 0.224 e. The number of halogens is 1. The van der Waals surface area contributed by atoms with Gasteiger partial charge in [0.2, 0.25) is 11.0 Å². The van der Waals surface area contributed by atoms with Gasteiger partial charge in [0.1, 0.15) is 5.82 Å². The van der Waals surface area contributed by atoms with Crippen molar-refractivity contribution in [3.63, 3.8) is 0 Å². The third-order valence-corrected chi connectivity index (χ3v) is 3.82. The Bertz CT molecular complexity index is 751. The van der Waals surface area contributed by atoms with Crippen LogP contribution < -0.4 is 16.8 Å². The molecular formula is C13H12FN5OS. The Morgan fingerprint density at radius 1 is 1.38 bits per heavy atom. The van der Waals surface area contributed by atoms with Gasteiger partial charge in [0.25, 0.3) is 0 Å². The number of nitrogens with two attached hydrogens (primary N) is 2. The summed E-state index contributed by atoms with van der Waals surface area (Å²) in [6.45, 7) is 0. The van der Waals surface area contributed by atoms with E-state index in [0.717, 1.165) is 5.56 Å². The number of fused-ring (bicyclic) bond motifs is 1. The van der Waals surface area contributed by atoms with Gasteiger partial charge in [-0.05, 0) is 24.1 Å². The van der Waals surface area contributed by atoms with Crippen LogP contribution in [0.1, 0.15) is 12.0 Å². The first-order chi connectivity index (χ1) is 10.0. The number of aliphatic imine (C=N–C) groups is 1. The molecule has 1 aromatic carbocycles. The Kier molecular flexibility index (Phi) is 3.30. The number of hydrogen-bond donors (Lipinski definition) is 3. The predicted molar refractivity (Wildman–Crippen MR) is 79.9 cm³/mol. The second kappa shape index (κ2) is 5.13. The molecule has 1 aliphatic heterocycles. The number of rotatable bonds is 2. The monoisotopic (exact) mass is 305 g/mol. The minimum atomic E-state index is -0.447. The lowest BCUT2D eigenvalue weighted by Gasteiger charge is -2.17. The number of nitrogens with one attached hydrogen (secondary N) is 1. The molecule has 0 unspecified atom stereocenters. The summed E-state index contributed by atoms with van der Waals surface area (Å²) < 4.78 is 14.2. The van der Waals surface area contributed by atoms with Crippen molar-refractivity contribution in [2.75, 3.05) is 5.32 Å². The zero-order chi connectivity index (χ0) is 15.0. The van der Waals surface area contributed by atoms with E-state index in [1.54, 1.807) is 11.4 Å². The van der Waals surface area contributed by atoms with Crippen molar-refractivity contribution >= 4 is 34.0 Å². The number of carbonyl (C=O) groups excluding carboxylic acids is 1. The van der Waals surface area contributed by atoms with Gasteiger partial charge in [-0.25, -0.2) is 9.37 Å². The first-order valence-electron chi connectivity index (χ1n) is 6.21. The van der Waals surface area contributed by atoms with Gasteiger partial charge in [0.05, 0.1) is 5.69 Å². The van der Waals surface area contributed by atoms with Crippen LogP contribution in [0.25, 0.3) is 11.3 Å². The normalized spacial score (nSPS) is 13.5. The van der Waals surface area contributed by atoms with Crippen molar-refractivity contribution in [3.05, 3.63) is 28.9 Å². The molecule has 8 heteroatoms. The Morgan fingerprint density at radius 3 is 2.95 bits per heavy atom. The molecule has 2 heterocycles. The molecule has 0 spiro atoms. The summed E-state index contributed by atoms with van der Waals surface area (Å²) in [5.74, 6) is -0.639. The lowest BCUT2D eigenvalue weighted by molar-refractivity contribution is -0.116. The average Bonchev–Trinajstić information content (AvgIpc) is 2.85. The minimum absolute atomic E-state index is 0.0930. The molecule has 6 nitrogen and oxygen atoms in total. The van der Waals surface area contributed by atoms with Crippen LogP contribution in [0.5, 0.6) is 0 Å². The van der Waals surface area contributed by atoms with Crippen LogP contribution >= 0.6 is 11.3 Å². The molecule has 0 fully saturated rings. The van der Waals surface area contributed by atoms with E-state index in [2.05, 4.69) is 15.3 Å². The van der Waals surface area contributed by atoms with E-state index >= 15 is 0 Å². The lowest BCUT2D eigenvalue weighted by Crippen LogP contribution is -2.21. The zero-order valence-electron chi connectivity index (χ0n) is 10.9. The standard InChI is InChI=1S/C13H12FN5OS/c14-8-4-9-6(1-2-11(20)17-9)3-7(8)10-5-21-13(18-10)19-12(15)16/h3-5H,1-2H2,(H,17,20)(H4,15,16,18,19).